The second-order valence-electron chi connectivity index (χ2n) is 3.36. The Balaban J connectivity index is 2.27. The number of cyclic esters (lactones) is 1. The molecule has 0 radical (unpaired) electrons. The third kappa shape index (κ3) is 2.20. The first-order chi connectivity index (χ1) is 8.24. The molecular formula is C11H12N2O4. The molecule has 0 aromatic carbocycles. The van der Waals surface area contributed by atoms with Crippen LogP contribution in [0.15, 0.2) is 18.3 Å². The standard InChI is InChI=1S/C11H12N2O4/c1-2-16-9-8(4-3-5-12-9)10(14)13-6-7-17-11(13)15/h3-5H,2,6-7H2,1H3. The van der Waals surface area contributed by atoms with Crippen molar-refractivity contribution in [1.29, 1.82) is 0 Å². The lowest BCUT2D eigenvalue weighted by atomic mass is 10.2. The van der Waals surface area contributed by atoms with E-state index in [1.165, 1.54) is 6.20 Å². The molecule has 0 spiro atoms. The molecule has 6 nitrogen and oxygen atoms in total. The molecule has 2 amide bonds. The van der Waals surface area contributed by atoms with E-state index in [1.807, 2.05) is 0 Å². The second kappa shape index (κ2) is 4.82. The number of carbonyl (C=O) groups is 2. The molecule has 2 rings (SSSR count). The minimum atomic E-state index is -0.624. The molecule has 6 heteroatoms. The van der Waals surface area contributed by atoms with Gasteiger partial charge >= 0.3 is 6.09 Å². The van der Waals surface area contributed by atoms with Crippen molar-refractivity contribution in [3.63, 3.8) is 0 Å². The lowest BCUT2D eigenvalue weighted by molar-refractivity contribution is 0.0805. The molecule has 0 atom stereocenters. The summed E-state index contributed by atoms with van der Waals surface area (Å²) in [5.74, 6) is -0.205. The number of aromatic nitrogens is 1. The van der Waals surface area contributed by atoms with Crippen molar-refractivity contribution >= 4 is 12.0 Å². The first-order valence-electron chi connectivity index (χ1n) is 5.30. The van der Waals surface area contributed by atoms with Crippen LogP contribution in [0.25, 0.3) is 0 Å². The summed E-state index contributed by atoms with van der Waals surface area (Å²) in [4.78, 5) is 28.3. The van der Waals surface area contributed by atoms with Gasteiger partial charge in [-0.25, -0.2) is 14.7 Å². The molecule has 2 heterocycles. The third-order valence-electron chi connectivity index (χ3n) is 2.29. The quantitative estimate of drug-likeness (QED) is 0.785. The van der Waals surface area contributed by atoms with E-state index in [1.54, 1.807) is 19.1 Å². The van der Waals surface area contributed by atoms with Gasteiger partial charge in [-0.1, -0.05) is 0 Å². The monoisotopic (exact) mass is 236 g/mol. The maximum Gasteiger partial charge on any atom is 0.416 e. The summed E-state index contributed by atoms with van der Waals surface area (Å²) in [6, 6.07) is 3.20. The number of hydrogen-bond donors (Lipinski definition) is 0. The van der Waals surface area contributed by atoms with Gasteiger partial charge in [0, 0.05) is 6.20 Å². The summed E-state index contributed by atoms with van der Waals surface area (Å²) in [7, 11) is 0. The van der Waals surface area contributed by atoms with Crippen molar-refractivity contribution < 1.29 is 19.1 Å². The predicted octanol–water partition coefficient (Wildman–Crippen LogP) is 1.07. The van der Waals surface area contributed by atoms with Crippen molar-refractivity contribution in [2.24, 2.45) is 0 Å². The Bertz CT molecular complexity index is 447. The third-order valence-corrected chi connectivity index (χ3v) is 2.29. The van der Waals surface area contributed by atoms with E-state index in [9.17, 15) is 9.59 Å². The number of rotatable bonds is 3. The molecule has 1 aliphatic heterocycles. The first kappa shape index (κ1) is 11.4. The highest BCUT2D eigenvalue weighted by Crippen LogP contribution is 2.18. The van der Waals surface area contributed by atoms with E-state index in [0.717, 1.165) is 4.90 Å². The predicted molar refractivity (Wildman–Crippen MR) is 57.8 cm³/mol. The fraction of sp³-hybridized carbons (Fsp3) is 0.364. The van der Waals surface area contributed by atoms with Crippen LogP contribution in [0.4, 0.5) is 4.79 Å². The molecule has 1 aliphatic rings. The van der Waals surface area contributed by atoms with Crippen molar-refractivity contribution in [2.75, 3.05) is 19.8 Å². The molecule has 0 N–H and O–H groups in total. The Hall–Kier alpha value is -2.11. The van der Waals surface area contributed by atoms with Gasteiger partial charge in [-0.3, -0.25) is 4.79 Å². The largest absolute Gasteiger partial charge is 0.477 e. The van der Waals surface area contributed by atoms with Crippen molar-refractivity contribution in [1.82, 2.24) is 9.88 Å². The Labute approximate surface area is 98.1 Å². The first-order valence-corrected chi connectivity index (χ1v) is 5.30. The maximum atomic E-state index is 12.1. The van der Waals surface area contributed by atoms with Crippen molar-refractivity contribution in [3.8, 4) is 5.88 Å². The fourth-order valence-electron chi connectivity index (χ4n) is 1.53. The van der Waals surface area contributed by atoms with Gasteiger partial charge in [0.15, 0.2) is 0 Å². The molecule has 0 bridgehead atoms. The summed E-state index contributed by atoms with van der Waals surface area (Å²) in [5, 5.41) is 0. The van der Waals surface area contributed by atoms with Crippen LogP contribution in [0.3, 0.4) is 0 Å². The number of nitrogens with zero attached hydrogens (tertiary/aromatic N) is 2. The molecular weight excluding hydrogens is 224 g/mol. The van der Waals surface area contributed by atoms with Crippen LogP contribution >= 0.6 is 0 Å². The molecule has 0 aliphatic carbocycles. The van der Waals surface area contributed by atoms with Gasteiger partial charge < -0.3 is 9.47 Å². The number of hydrogen-bond acceptors (Lipinski definition) is 5. The van der Waals surface area contributed by atoms with Crippen molar-refractivity contribution in [3.05, 3.63) is 23.9 Å². The molecule has 17 heavy (non-hydrogen) atoms. The molecule has 0 unspecified atom stereocenters. The average Bonchev–Trinajstić information content (AvgIpc) is 2.76. The van der Waals surface area contributed by atoms with E-state index in [4.69, 9.17) is 9.47 Å². The summed E-state index contributed by atoms with van der Waals surface area (Å²) in [6.45, 7) is 2.70. The zero-order chi connectivity index (χ0) is 12.3. The van der Waals surface area contributed by atoms with Gasteiger partial charge in [0.25, 0.3) is 5.91 Å². The minimum Gasteiger partial charge on any atom is -0.477 e. The number of imide groups is 1. The van der Waals surface area contributed by atoms with Gasteiger partial charge in [-0.2, -0.15) is 0 Å². The highest BCUT2D eigenvalue weighted by Gasteiger charge is 2.31. The number of ether oxygens (including phenoxy) is 2. The van der Waals surface area contributed by atoms with Crippen LogP contribution in [0, 0.1) is 0 Å². The lowest BCUT2D eigenvalue weighted by Gasteiger charge is -2.12. The lowest BCUT2D eigenvalue weighted by Crippen LogP contribution is -2.32. The number of pyridine rings is 1. The minimum absolute atomic E-state index is 0.231. The average molecular weight is 236 g/mol. The smallest absolute Gasteiger partial charge is 0.416 e. The topological polar surface area (TPSA) is 68.7 Å². The zero-order valence-corrected chi connectivity index (χ0v) is 9.38. The summed E-state index contributed by atoms with van der Waals surface area (Å²) >= 11 is 0. The van der Waals surface area contributed by atoms with Gasteiger partial charge in [-0.05, 0) is 19.1 Å². The summed E-state index contributed by atoms with van der Waals surface area (Å²) < 4.78 is 9.96. The zero-order valence-electron chi connectivity index (χ0n) is 9.38. The van der Waals surface area contributed by atoms with Crippen molar-refractivity contribution in [2.45, 2.75) is 6.92 Å². The second-order valence-corrected chi connectivity index (χ2v) is 3.36. The van der Waals surface area contributed by atoms with Gasteiger partial charge in [-0.15, -0.1) is 0 Å². The molecule has 90 valence electrons. The maximum absolute atomic E-state index is 12.1. The van der Waals surface area contributed by atoms with E-state index in [2.05, 4.69) is 4.98 Å². The van der Waals surface area contributed by atoms with E-state index in [0.29, 0.717) is 6.61 Å². The SMILES string of the molecule is CCOc1ncccc1C(=O)N1CCOC1=O. The molecule has 1 fully saturated rings. The van der Waals surface area contributed by atoms with E-state index in [-0.39, 0.29) is 24.6 Å². The Morgan fingerprint density at radius 3 is 3.12 bits per heavy atom. The van der Waals surface area contributed by atoms with Crippen LogP contribution < -0.4 is 4.74 Å². The fourth-order valence-corrected chi connectivity index (χ4v) is 1.53. The summed E-state index contributed by atoms with van der Waals surface area (Å²) in [6.07, 6.45) is 0.908. The number of amides is 2. The normalized spacial score (nSPS) is 14.6. The Kier molecular flexibility index (Phi) is 3.22. The molecule has 1 aromatic heterocycles. The van der Waals surface area contributed by atoms with Gasteiger partial charge in [0.05, 0.1) is 13.2 Å². The van der Waals surface area contributed by atoms with Gasteiger partial charge in [0.2, 0.25) is 5.88 Å². The molecule has 1 aromatic rings. The van der Waals surface area contributed by atoms with Crippen LogP contribution in [0.1, 0.15) is 17.3 Å². The summed E-state index contributed by atoms with van der Waals surface area (Å²) in [5.41, 5.74) is 0.271. The van der Waals surface area contributed by atoms with Crippen LogP contribution in [0.5, 0.6) is 5.88 Å². The van der Waals surface area contributed by atoms with Gasteiger partial charge in [0.1, 0.15) is 12.2 Å². The van der Waals surface area contributed by atoms with E-state index >= 15 is 0 Å². The number of carbonyl (C=O) groups excluding carboxylic acids is 2. The van der Waals surface area contributed by atoms with Crippen LogP contribution in [0.2, 0.25) is 0 Å². The molecule has 1 saturated heterocycles. The Morgan fingerprint density at radius 1 is 1.65 bits per heavy atom. The Morgan fingerprint density at radius 2 is 2.47 bits per heavy atom. The molecule has 0 saturated carbocycles. The van der Waals surface area contributed by atoms with E-state index < -0.39 is 12.0 Å². The highest BCUT2D eigenvalue weighted by atomic mass is 16.6. The van der Waals surface area contributed by atoms with Crippen LogP contribution in [-0.2, 0) is 4.74 Å². The highest BCUT2D eigenvalue weighted by molar-refractivity contribution is 6.04. The van der Waals surface area contributed by atoms with Crippen LogP contribution in [-0.4, -0.2) is 41.6 Å².